The van der Waals surface area contributed by atoms with Crippen molar-refractivity contribution in [2.45, 2.75) is 59.0 Å². The summed E-state index contributed by atoms with van der Waals surface area (Å²) in [5.41, 5.74) is 2.25. The van der Waals surface area contributed by atoms with Gasteiger partial charge in [-0.2, -0.15) is 0 Å². The van der Waals surface area contributed by atoms with Crippen LogP contribution < -0.4 is 9.62 Å². The summed E-state index contributed by atoms with van der Waals surface area (Å²) in [6, 6.07) is 11.8. The Balaban J connectivity index is 2.24. The van der Waals surface area contributed by atoms with Gasteiger partial charge in [-0.15, -0.1) is 0 Å². The van der Waals surface area contributed by atoms with E-state index in [1.54, 1.807) is 11.0 Å². The predicted molar refractivity (Wildman–Crippen MR) is 147 cm³/mol. The third kappa shape index (κ3) is 8.68. The number of carbonyl (C=O) groups excluding carboxylic acids is 2. The van der Waals surface area contributed by atoms with Gasteiger partial charge < -0.3 is 10.2 Å². The van der Waals surface area contributed by atoms with Gasteiger partial charge in [-0.05, 0) is 49.9 Å². The Labute approximate surface area is 224 Å². The van der Waals surface area contributed by atoms with E-state index in [0.29, 0.717) is 18.0 Å². The molecule has 1 N–H and O–H groups in total. The van der Waals surface area contributed by atoms with Crippen molar-refractivity contribution in [2.75, 3.05) is 23.7 Å². The number of benzene rings is 2. The van der Waals surface area contributed by atoms with E-state index in [4.69, 9.17) is 23.2 Å². The Hall–Kier alpha value is -2.29. The maximum absolute atomic E-state index is 13.4. The third-order valence-electron chi connectivity index (χ3n) is 5.70. The molecule has 0 aliphatic heterocycles. The van der Waals surface area contributed by atoms with Gasteiger partial charge in [0.15, 0.2) is 0 Å². The lowest BCUT2D eigenvalue weighted by Gasteiger charge is -2.31. The van der Waals surface area contributed by atoms with Crippen molar-refractivity contribution in [1.82, 2.24) is 10.2 Å². The fraction of sp³-hybridized carbons (Fsp3) is 0.462. The Morgan fingerprint density at radius 2 is 1.81 bits per heavy atom. The van der Waals surface area contributed by atoms with Crippen molar-refractivity contribution in [3.8, 4) is 0 Å². The van der Waals surface area contributed by atoms with Gasteiger partial charge in [0.1, 0.15) is 6.04 Å². The van der Waals surface area contributed by atoms with E-state index in [1.165, 1.54) is 12.1 Å². The van der Waals surface area contributed by atoms with Crippen molar-refractivity contribution in [3.63, 3.8) is 0 Å². The summed E-state index contributed by atoms with van der Waals surface area (Å²) in [5.74, 6) is -0.413. The van der Waals surface area contributed by atoms with Crippen LogP contribution in [0.3, 0.4) is 0 Å². The monoisotopic (exact) mass is 555 g/mol. The molecule has 2 aromatic rings. The third-order valence-corrected chi connectivity index (χ3v) is 7.43. The van der Waals surface area contributed by atoms with Gasteiger partial charge in [0.05, 0.1) is 17.0 Å². The molecule has 7 nitrogen and oxygen atoms in total. The summed E-state index contributed by atoms with van der Waals surface area (Å²) in [4.78, 5) is 27.9. The molecular formula is C26H35Cl2N3O4S. The first kappa shape index (κ1) is 29.9. The minimum atomic E-state index is -3.67. The molecule has 1 atom stereocenters. The van der Waals surface area contributed by atoms with Crippen LogP contribution in [0.4, 0.5) is 5.69 Å². The van der Waals surface area contributed by atoms with Crippen LogP contribution in [0.15, 0.2) is 42.5 Å². The number of amides is 2. The number of hydrogen-bond acceptors (Lipinski definition) is 4. The normalized spacial score (nSPS) is 12.2. The van der Waals surface area contributed by atoms with Crippen molar-refractivity contribution >= 4 is 50.7 Å². The number of rotatable bonds is 13. The lowest BCUT2D eigenvalue weighted by molar-refractivity contribution is -0.141. The fourth-order valence-electron chi connectivity index (χ4n) is 3.95. The maximum atomic E-state index is 13.4. The second kappa shape index (κ2) is 13.9. The van der Waals surface area contributed by atoms with Gasteiger partial charge in [0, 0.05) is 31.1 Å². The zero-order chi connectivity index (χ0) is 26.9. The molecule has 2 rings (SSSR count). The number of sulfonamides is 1. The molecule has 36 heavy (non-hydrogen) atoms. The molecule has 10 heteroatoms. The molecule has 0 aliphatic rings. The number of hydrogen-bond donors (Lipinski definition) is 1. The number of halogens is 2. The van der Waals surface area contributed by atoms with Crippen LogP contribution in [0.2, 0.25) is 10.0 Å². The van der Waals surface area contributed by atoms with Gasteiger partial charge in [0.2, 0.25) is 21.8 Å². The zero-order valence-corrected chi connectivity index (χ0v) is 23.6. The molecule has 0 spiro atoms. The van der Waals surface area contributed by atoms with E-state index in [1.807, 2.05) is 45.0 Å². The molecule has 198 valence electrons. The number of carbonyl (C=O) groups is 2. The van der Waals surface area contributed by atoms with E-state index in [2.05, 4.69) is 5.32 Å². The second-order valence-electron chi connectivity index (χ2n) is 8.76. The second-order valence-corrected chi connectivity index (χ2v) is 11.5. The van der Waals surface area contributed by atoms with E-state index in [9.17, 15) is 18.0 Å². The topological polar surface area (TPSA) is 86.8 Å². The zero-order valence-electron chi connectivity index (χ0n) is 21.3. The Bertz CT molecular complexity index is 1160. The average molecular weight is 557 g/mol. The standard InChI is InChI=1S/C26H35Cl2N3O4S/c1-5-14-29-26(33)23(6-2)30(18-20-10-7-9-19(3)16-20)25(32)11-8-15-31(36(4,34)35)24-17-21(27)12-13-22(24)28/h7,9-10,12-13,16-17,23H,5-6,8,11,14-15,18H2,1-4H3,(H,29,33)/t23-/m1/s1. The summed E-state index contributed by atoms with van der Waals surface area (Å²) in [5, 5.41) is 3.50. The molecule has 0 heterocycles. The Kier molecular flexibility index (Phi) is 11.5. The van der Waals surface area contributed by atoms with Gasteiger partial charge in [-0.25, -0.2) is 8.42 Å². The summed E-state index contributed by atoms with van der Waals surface area (Å²) in [7, 11) is -3.67. The largest absolute Gasteiger partial charge is 0.354 e. The van der Waals surface area contributed by atoms with Crippen LogP contribution in [0.1, 0.15) is 50.7 Å². The van der Waals surface area contributed by atoms with Gasteiger partial charge in [0.25, 0.3) is 0 Å². The van der Waals surface area contributed by atoms with Crippen molar-refractivity contribution in [3.05, 3.63) is 63.6 Å². The molecular weight excluding hydrogens is 521 g/mol. The molecule has 0 aliphatic carbocycles. The lowest BCUT2D eigenvalue weighted by atomic mass is 10.1. The number of nitrogens with one attached hydrogen (secondary N) is 1. The van der Waals surface area contributed by atoms with Crippen LogP contribution in [-0.2, 0) is 26.2 Å². The van der Waals surface area contributed by atoms with Crippen LogP contribution in [0, 0.1) is 6.92 Å². The van der Waals surface area contributed by atoms with E-state index >= 15 is 0 Å². The number of anilines is 1. The highest BCUT2D eigenvalue weighted by molar-refractivity contribution is 7.92. The van der Waals surface area contributed by atoms with E-state index < -0.39 is 16.1 Å². The van der Waals surface area contributed by atoms with Crippen molar-refractivity contribution in [2.24, 2.45) is 0 Å². The highest BCUT2D eigenvalue weighted by Gasteiger charge is 2.29. The maximum Gasteiger partial charge on any atom is 0.242 e. The Morgan fingerprint density at radius 3 is 2.42 bits per heavy atom. The molecule has 2 amide bonds. The number of nitrogens with zero attached hydrogens (tertiary/aromatic N) is 2. The number of aryl methyl sites for hydroxylation is 1. The SMILES string of the molecule is CCCNC(=O)[C@@H](CC)N(Cc1cccc(C)c1)C(=O)CCCN(c1cc(Cl)ccc1Cl)S(C)(=O)=O. The minimum absolute atomic E-state index is 0.0434. The summed E-state index contributed by atoms with van der Waals surface area (Å²) in [6.07, 6.45) is 2.64. The molecule has 0 fully saturated rings. The molecule has 0 saturated carbocycles. The van der Waals surface area contributed by atoms with Crippen LogP contribution in [0.5, 0.6) is 0 Å². The highest BCUT2D eigenvalue weighted by Crippen LogP contribution is 2.31. The minimum Gasteiger partial charge on any atom is -0.354 e. The molecule has 0 aromatic heterocycles. The summed E-state index contributed by atoms with van der Waals surface area (Å²) in [6.45, 7) is 6.68. The van der Waals surface area contributed by atoms with Gasteiger partial charge in [-0.1, -0.05) is 66.9 Å². The average Bonchev–Trinajstić information content (AvgIpc) is 2.81. The first-order valence-corrected chi connectivity index (χ1v) is 14.6. The van der Waals surface area contributed by atoms with Gasteiger partial charge >= 0.3 is 0 Å². The van der Waals surface area contributed by atoms with Crippen LogP contribution >= 0.6 is 23.2 Å². The predicted octanol–water partition coefficient (Wildman–Crippen LogP) is 5.18. The van der Waals surface area contributed by atoms with Crippen LogP contribution in [0.25, 0.3) is 0 Å². The van der Waals surface area contributed by atoms with Crippen molar-refractivity contribution < 1.29 is 18.0 Å². The van der Waals surface area contributed by atoms with Crippen LogP contribution in [-0.4, -0.2) is 50.5 Å². The quantitative estimate of drug-likeness (QED) is 0.368. The fourth-order valence-corrected chi connectivity index (χ4v) is 5.36. The van der Waals surface area contributed by atoms with E-state index in [-0.39, 0.29) is 48.5 Å². The van der Waals surface area contributed by atoms with Crippen molar-refractivity contribution in [1.29, 1.82) is 0 Å². The molecule has 2 aromatic carbocycles. The smallest absolute Gasteiger partial charge is 0.242 e. The summed E-state index contributed by atoms with van der Waals surface area (Å²) < 4.78 is 26.2. The first-order valence-electron chi connectivity index (χ1n) is 12.0. The Morgan fingerprint density at radius 1 is 1.08 bits per heavy atom. The highest BCUT2D eigenvalue weighted by atomic mass is 35.5. The molecule has 0 saturated heterocycles. The van der Waals surface area contributed by atoms with Gasteiger partial charge in [-0.3, -0.25) is 13.9 Å². The molecule has 0 unspecified atom stereocenters. The molecule has 0 radical (unpaired) electrons. The lowest BCUT2D eigenvalue weighted by Crippen LogP contribution is -2.49. The van der Waals surface area contributed by atoms with E-state index in [0.717, 1.165) is 28.1 Å². The first-order chi connectivity index (χ1) is 17.0. The molecule has 0 bridgehead atoms. The summed E-state index contributed by atoms with van der Waals surface area (Å²) >= 11 is 12.3.